The topological polar surface area (TPSA) is 40.6 Å². The Balaban J connectivity index is 1.81. The third kappa shape index (κ3) is 4.08. The van der Waals surface area contributed by atoms with E-state index in [1.807, 2.05) is 42.5 Å². The molecule has 0 fully saturated rings. The first kappa shape index (κ1) is 21.5. The third-order valence-corrected chi connectivity index (χ3v) is 7.68. The molecular formula is C25H25ClN2O2S. The molecule has 1 atom stereocenters. The fourth-order valence-corrected chi connectivity index (χ4v) is 5.60. The van der Waals surface area contributed by atoms with Gasteiger partial charge in [0.1, 0.15) is 0 Å². The first-order valence-electron chi connectivity index (χ1n) is 10.4. The van der Waals surface area contributed by atoms with Crippen molar-refractivity contribution >= 4 is 33.4 Å². The average molecular weight is 453 g/mol. The number of nitrogens with zero attached hydrogens (tertiary/aromatic N) is 2. The van der Waals surface area contributed by atoms with E-state index < -0.39 is 16.1 Å². The molecule has 4 nitrogen and oxygen atoms in total. The third-order valence-electron chi connectivity index (χ3n) is 5.67. The molecule has 0 saturated heterocycles. The summed E-state index contributed by atoms with van der Waals surface area (Å²) < 4.78 is 28.6. The standard InChI is InChI=1S/C25H25ClN2O2S/c1-3-27(4-2)22-13-9-20(10-14-22)25-24-8-6-5-7-19(24)17-18-28(25)31(29,30)23-15-11-21(26)12-16-23/h5-18,25H,3-4H2,1-2H3/t25-/m1/s1. The molecule has 0 N–H and O–H groups in total. The predicted octanol–water partition coefficient (Wildman–Crippen LogP) is 5.95. The minimum atomic E-state index is -3.78. The van der Waals surface area contributed by atoms with Crippen LogP contribution in [0.1, 0.15) is 36.6 Å². The van der Waals surface area contributed by atoms with E-state index in [9.17, 15) is 8.42 Å². The van der Waals surface area contributed by atoms with Gasteiger partial charge in [0.25, 0.3) is 10.0 Å². The number of rotatable bonds is 6. The van der Waals surface area contributed by atoms with Crippen molar-refractivity contribution in [2.75, 3.05) is 18.0 Å². The van der Waals surface area contributed by atoms with Crippen LogP contribution in [0, 0.1) is 0 Å². The zero-order valence-electron chi connectivity index (χ0n) is 17.6. The molecule has 0 unspecified atom stereocenters. The van der Waals surface area contributed by atoms with E-state index in [2.05, 4.69) is 30.9 Å². The monoisotopic (exact) mass is 452 g/mol. The van der Waals surface area contributed by atoms with Crippen molar-refractivity contribution in [3.8, 4) is 0 Å². The Morgan fingerprint density at radius 2 is 1.55 bits per heavy atom. The summed E-state index contributed by atoms with van der Waals surface area (Å²) in [6, 6.07) is 21.9. The Morgan fingerprint density at radius 3 is 2.19 bits per heavy atom. The fourth-order valence-electron chi connectivity index (χ4n) is 4.02. The number of halogens is 1. The molecule has 0 radical (unpaired) electrons. The Kier molecular flexibility index (Phi) is 6.08. The smallest absolute Gasteiger partial charge is 0.264 e. The van der Waals surface area contributed by atoms with Gasteiger partial charge in [-0.15, -0.1) is 0 Å². The maximum atomic E-state index is 13.6. The summed E-state index contributed by atoms with van der Waals surface area (Å²) in [5, 5.41) is 0.502. The summed E-state index contributed by atoms with van der Waals surface area (Å²) in [6.07, 6.45) is 3.51. The van der Waals surface area contributed by atoms with Crippen LogP contribution < -0.4 is 4.90 Å². The largest absolute Gasteiger partial charge is 0.372 e. The Bertz CT molecular complexity index is 1180. The highest BCUT2D eigenvalue weighted by Crippen LogP contribution is 2.39. The van der Waals surface area contributed by atoms with Crippen LogP contribution in [0.15, 0.2) is 83.9 Å². The first-order chi connectivity index (χ1) is 15.0. The highest BCUT2D eigenvalue weighted by molar-refractivity contribution is 7.89. The molecular weight excluding hydrogens is 428 g/mol. The normalized spacial score (nSPS) is 15.6. The maximum Gasteiger partial charge on any atom is 0.264 e. The molecule has 6 heteroatoms. The highest BCUT2D eigenvalue weighted by atomic mass is 35.5. The van der Waals surface area contributed by atoms with Crippen molar-refractivity contribution in [3.63, 3.8) is 0 Å². The molecule has 0 spiro atoms. The second-order valence-corrected chi connectivity index (χ2v) is 9.68. The van der Waals surface area contributed by atoms with Gasteiger partial charge in [0.15, 0.2) is 0 Å². The number of benzene rings is 3. The van der Waals surface area contributed by atoms with Crippen molar-refractivity contribution in [1.82, 2.24) is 4.31 Å². The summed E-state index contributed by atoms with van der Waals surface area (Å²) in [6.45, 7) is 6.09. The molecule has 1 aliphatic rings. The van der Waals surface area contributed by atoms with Gasteiger partial charge in [0.2, 0.25) is 0 Å². The van der Waals surface area contributed by atoms with Gasteiger partial charge in [-0.25, -0.2) is 8.42 Å². The molecule has 31 heavy (non-hydrogen) atoms. The Labute approximate surface area is 189 Å². The lowest BCUT2D eigenvalue weighted by Crippen LogP contribution is -2.33. The van der Waals surface area contributed by atoms with E-state index in [-0.39, 0.29) is 4.90 Å². The second-order valence-electron chi connectivity index (χ2n) is 7.40. The Hall–Kier alpha value is -2.76. The molecule has 3 aromatic rings. The summed E-state index contributed by atoms with van der Waals surface area (Å²) in [7, 11) is -3.78. The molecule has 1 aliphatic heterocycles. The second kappa shape index (κ2) is 8.77. The predicted molar refractivity (Wildman–Crippen MR) is 128 cm³/mol. The van der Waals surface area contributed by atoms with E-state index >= 15 is 0 Å². The Morgan fingerprint density at radius 1 is 0.903 bits per heavy atom. The van der Waals surface area contributed by atoms with E-state index in [1.165, 1.54) is 4.31 Å². The van der Waals surface area contributed by atoms with E-state index in [1.54, 1.807) is 30.5 Å². The molecule has 3 aromatic carbocycles. The van der Waals surface area contributed by atoms with Crippen molar-refractivity contribution in [2.45, 2.75) is 24.8 Å². The van der Waals surface area contributed by atoms with Gasteiger partial charge in [0, 0.05) is 30.0 Å². The van der Waals surface area contributed by atoms with Gasteiger partial charge in [-0.3, -0.25) is 4.31 Å². The number of anilines is 1. The van der Waals surface area contributed by atoms with Gasteiger partial charge in [0.05, 0.1) is 10.9 Å². The summed E-state index contributed by atoms with van der Waals surface area (Å²) in [5.41, 5.74) is 4.02. The molecule has 0 bridgehead atoms. The fraction of sp³-hybridized carbons (Fsp3) is 0.200. The molecule has 160 valence electrons. The van der Waals surface area contributed by atoms with Gasteiger partial charge in [-0.1, -0.05) is 48.0 Å². The number of sulfonamides is 1. The van der Waals surface area contributed by atoms with Crippen LogP contribution in [-0.2, 0) is 10.0 Å². The van der Waals surface area contributed by atoms with Crippen molar-refractivity contribution in [2.24, 2.45) is 0 Å². The minimum absolute atomic E-state index is 0.214. The summed E-state index contributed by atoms with van der Waals surface area (Å²) in [5.74, 6) is 0. The number of hydrogen-bond donors (Lipinski definition) is 0. The lowest BCUT2D eigenvalue weighted by Gasteiger charge is -2.34. The summed E-state index contributed by atoms with van der Waals surface area (Å²) in [4.78, 5) is 2.48. The van der Waals surface area contributed by atoms with Crippen molar-refractivity contribution < 1.29 is 8.42 Å². The van der Waals surface area contributed by atoms with Gasteiger partial charge < -0.3 is 4.90 Å². The van der Waals surface area contributed by atoms with Gasteiger partial charge in [-0.2, -0.15) is 0 Å². The lowest BCUT2D eigenvalue weighted by molar-refractivity contribution is 0.447. The van der Waals surface area contributed by atoms with Crippen LogP contribution in [0.5, 0.6) is 0 Å². The molecule has 4 rings (SSSR count). The van der Waals surface area contributed by atoms with Crippen LogP contribution >= 0.6 is 11.6 Å². The SMILES string of the molecule is CCN(CC)c1ccc([C@@H]2c3ccccc3C=CN2S(=O)(=O)c2ccc(Cl)cc2)cc1. The van der Waals surface area contributed by atoms with Crippen LogP contribution in [0.3, 0.4) is 0 Å². The average Bonchev–Trinajstić information content (AvgIpc) is 2.80. The van der Waals surface area contributed by atoms with Crippen LogP contribution in [0.4, 0.5) is 5.69 Å². The van der Waals surface area contributed by atoms with Gasteiger partial charge in [-0.05, 0) is 73.0 Å². The lowest BCUT2D eigenvalue weighted by atomic mass is 9.92. The highest BCUT2D eigenvalue weighted by Gasteiger charge is 2.34. The maximum absolute atomic E-state index is 13.6. The molecule has 0 saturated carbocycles. The van der Waals surface area contributed by atoms with E-state index in [0.717, 1.165) is 35.5 Å². The quantitative estimate of drug-likeness (QED) is 0.464. The van der Waals surface area contributed by atoms with E-state index in [0.29, 0.717) is 5.02 Å². The number of hydrogen-bond acceptors (Lipinski definition) is 3. The zero-order chi connectivity index (χ0) is 22.0. The van der Waals surface area contributed by atoms with Gasteiger partial charge >= 0.3 is 0 Å². The van der Waals surface area contributed by atoms with Crippen molar-refractivity contribution in [1.29, 1.82) is 0 Å². The van der Waals surface area contributed by atoms with Crippen molar-refractivity contribution in [3.05, 3.63) is 101 Å². The summed E-state index contributed by atoms with van der Waals surface area (Å²) >= 11 is 5.98. The molecule has 0 aromatic heterocycles. The molecule has 1 heterocycles. The molecule has 0 amide bonds. The number of fused-ring (bicyclic) bond motifs is 1. The minimum Gasteiger partial charge on any atom is -0.372 e. The van der Waals surface area contributed by atoms with Crippen LogP contribution in [0.25, 0.3) is 6.08 Å². The molecule has 0 aliphatic carbocycles. The first-order valence-corrected chi connectivity index (χ1v) is 12.2. The van der Waals surface area contributed by atoms with Crippen LogP contribution in [-0.4, -0.2) is 25.8 Å². The van der Waals surface area contributed by atoms with E-state index in [4.69, 9.17) is 11.6 Å². The zero-order valence-corrected chi connectivity index (χ0v) is 19.1. The van der Waals surface area contributed by atoms with Crippen LogP contribution in [0.2, 0.25) is 5.02 Å².